The molecular weight excluding hydrogens is 349 g/mol. The second kappa shape index (κ2) is 6.20. The van der Waals surface area contributed by atoms with E-state index in [0.29, 0.717) is 0 Å². The van der Waals surface area contributed by atoms with E-state index in [1.165, 1.54) is 0 Å². The fourth-order valence-corrected chi connectivity index (χ4v) is 2.95. The van der Waals surface area contributed by atoms with Gasteiger partial charge < -0.3 is 5.11 Å². The average Bonchev–Trinajstić information content (AvgIpc) is 2.35. The van der Waals surface area contributed by atoms with Crippen molar-refractivity contribution in [3.8, 4) is 5.75 Å². The Labute approximate surface area is 146 Å². The van der Waals surface area contributed by atoms with Gasteiger partial charge in [0.15, 0.2) is 11.4 Å². The zero-order valence-corrected chi connectivity index (χ0v) is 11.6. The maximum atomic E-state index is 11.2. The van der Waals surface area contributed by atoms with Crippen molar-refractivity contribution in [3.63, 3.8) is 0 Å². The fourth-order valence-electron chi connectivity index (χ4n) is 1.78. The van der Waals surface area contributed by atoms with Crippen molar-refractivity contribution in [3.05, 3.63) is 29.2 Å². The molecule has 0 bridgehead atoms. The molecule has 0 aliphatic rings. The normalized spacial score (nSPS) is 11.9. The van der Waals surface area contributed by atoms with Crippen molar-refractivity contribution in [2.45, 2.75) is 9.79 Å². The molecule has 114 valence electrons. The average molecular weight is 357 g/mol. The van der Waals surface area contributed by atoms with Gasteiger partial charge in [0.25, 0.3) is 20.2 Å². The quantitative estimate of drug-likeness (QED) is 0.413. The zero-order chi connectivity index (χ0) is 16.0. The third kappa shape index (κ3) is 3.46. The third-order valence-electron chi connectivity index (χ3n) is 2.69. The standard InChI is InChI=1S/C10H7NO8S2.Na.H/c12-10-7-2-1-6(20(14,15)16)3-5(7)4-8(9(10)11-13)21(17,18)19;;/h1-4,12H,(H,14,15,16)(H,17,18,19);;. The Kier molecular flexibility index (Phi) is 5.34. The van der Waals surface area contributed by atoms with Crippen molar-refractivity contribution < 1.29 is 31.0 Å². The van der Waals surface area contributed by atoms with E-state index in [9.17, 15) is 26.8 Å². The van der Waals surface area contributed by atoms with Gasteiger partial charge in [-0.15, -0.1) is 4.91 Å². The number of hydrogen-bond acceptors (Lipinski definition) is 7. The first-order valence-electron chi connectivity index (χ1n) is 5.14. The first-order chi connectivity index (χ1) is 9.55. The van der Waals surface area contributed by atoms with Crippen molar-refractivity contribution >= 4 is 66.3 Å². The molecule has 0 spiro atoms. The monoisotopic (exact) mass is 357 g/mol. The van der Waals surface area contributed by atoms with Gasteiger partial charge in [-0.25, -0.2) is 0 Å². The topological polar surface area (TPSA) is 158 Å². The summed E-state index contributed by atoms with van der Waals surface area (Å²) in [6, 6.07) is 3.62. The van der Waals surface area contributed by atoms with Crippen LogP contribution in [0.15, 0.2) is 39.2 Å². The molecular formula is C10H8NNaO8S2. The maximum absolute atomic E-state index is 11.2. The van der Waals surface area contributed by atoms with Crippen LogP contribution in [0.2, 0.25) is 0 Å². The molecule has 3 N–H and O–H groups in total. The summed E-state index contributed by atoms with van der Waals surface area (Å²) < 4.78 is 62.3. The van der Waals surface area contributed by atoms with Crippen LogP contribution in [0.3, 0.4) is 0 Å². The second-order valence-corrected chi connectivity index (χ2v) is 6.81. The van der Waals surface area contributed by atoms with Gasteiger partial charge in [0, 0.05) is 5.39 Å². The number of nitroso groups, excluding NO2 is 1. The number of nitrogens with zero attached hydrogens (tertiary/aromatic N) is 1. The molecule has 12 heteroatoms. The molecule has 0 unspecified atom stereocenters. The predicted octanol–water partition coefficient (Wildman–Crippen LogP) is 0.788. The summed E-state index contributed by atoms with van der Waals surface area (Å²) in [7, 11) is -9.42. The minimum absolute atomic E-state index is 0. The summed E-state index contributed by atoms with van der Waals surface area (Å²) in [5.41, 5.74) is -0.899. The summed E-state index contributed by atoms with van der Waals surface area (Å²) >= 11 is 0. The van der Waals surface area contributed by atoms with Crippen LogP contribution in [0.25, 0.3) is 10.8 Å². The number of benzene rings is 2. The molecule has 0 radical (unpaired) electrons. The predicted molar refractivity (Wildman–Crippen MR) is 77.8 cm³/mol. The van der Waals surface area contributed by atoms with Crippen LogP contribution in [0.4, 0.5) is 5.69 Å². The van der Waals surface area contributed by atoms with E-state index >= 15 is 0 Å². The van der Waals surface area contributed by atoms with E-state index in [1.807, 2.05) is 0 Å². The van der Waals surface area contributed by atoms with Crippen LogP contribution in [-0.4, -0.2) is 60.6 Å². The molecule has 0 aromatic heterocycles. The number of rotatable bonds is 3. The fraction of sp³-hybridized carbons (Fsp3) is 0. The van der Waals surface area contributed by atoms with Gasteiger partial charge in [-0.1, -0.05) is 0 Å². The molecule has 9 nitrogen and oxygen atoms in total. The van der Waals surface area contributed by atoms with E-state index in [-0.39, 0.29) is 40.3 Å². The SMILES string of the molecule is O=Nc1c(S(=O)(=O)O)cc2cc(S(=O)(=O)O)ccc2c1O.[NaH]. The molecule has 0 fully saturated rings. The molecule has 0 aliphatic carbocycles. The van der Waals surface area contributed by atoms with Gasteiger partial charge in [0.2, 0.25) is 0 Å². The van der Waals surface area contributed by atoms with E-state index in [1.54, 1.807) is 0 Å². The summed E-state index contributed by atoms with van der Waals surface area (Å²) in [5, 5.41) is 11.9. The Morgan fingerprint density at radius 1 is 0.955 bits per heavy atom. The molecule has 0 heterocycles. The summed E-state index contributed by atoms with van der Waals surface area (Å²) in [5.74, 6) is -0.836. The van der Waals surface area contributed by atoms with E-state index in [4.69, 9.17) is 9.11 Å². The minimum atomic E-state index is -4.87. The molecule has 2 rings (SSSR count). The van der Waals surface area contributed by atoms with Crippen molar-refractivity contribution in [2.24, 2.45) is 5.18 Å². The first-order valence-corrected chi connectivity index (χ1v) is 8.02. The Hall–Kier alpha value is -1.08. The summed E-state index contributed by atoms with van der Waals surface area (Å²) in [6.45, 7) is 0. The van der Waals surface area contributed by atoms with E-state index < -0.39 is 41.5 Å². The second-order valence-electron chi connectivity index (χ2n) is 4.00. The van der Waals surface area contributed by atoms with Crippen LogP contribution in [0.1, 0.15) is 0 Å². The Balaban J connectivity index is 0.00000242. The Bertz CT molecular complexity index is 968. The molecule has 0 saturated heterocycles. The molecule has 22 heavy (non-hydrogen) atoms. The number of hydrogen-bond donors (Lipinski definition) is 3. The van der Waals surface area contributed by atoms with Crippen LogP contribution in [0.5, 0.6) is 5.75 Å². The number of phenols is 1. The van der Waals surface area contributed by atoms with Gasteiger partial charge in [-0.2, -0.15) is 16.8 Å². The Morgan fingerprint density at radius 2 is 1.55 bits per heavy atom. The number of phenolic OH excluding ortho intramolecular Hbond substituents is 1. The van der Waals surface area contributed by atoms with Crippen molar-refractivity contribution in [1.29, 1.82) is 0 Å². The zero-order valence-electron chi connectivity index (χ0n) is 9.96. The summed E-state index contributed by atoms with van der Waals surface area (Å²) in [6.07, 6.45) is 0. The molecule has 0 saturated carbocycles. The van der Waals surface area contributed by atoms with Gasteiger partial charge in [-0.3, -0.25) is 9.11 Å². The van der Waals surface area contributed by atoms with Gasteiger partial charge in [0.05, 0.1) is 4.90 Å². The Morgan fingerprint density at radius 3 is 2.00 bits per heavy atom. The molecule has 2 aromatic rings. The van der Waals surface area contributed by atoms with E-state index in [2.05, 4.69) is 5.18 Å². The van der Waals surface area contributed by atoms with Crippen LogP contribution in [-0.2, 0) is 20.2 Å². The van der Waals surface area contributed by atoms with Crippen molar-refractivity contribution in [1.82, 2.24) is 0 Å². The van der Waals surface area contributed by atoms with Crippen LogP contribution >= 0.6 is 0 Å². The van der Waals surface area contributed by atoms with E-state index in [0.717, 1.165) is 24.3 Å². The number of fused-ring (bicyclic) bond motifs is 1. The molecule has 0 amide bonds. The van der Waals surface area contributed by atoms with Crippen molar-refractivity contribution in [2.75, 3.05) is 0 Å². The molecule has 2 aromatic carbocycles. The molecule has 0 atom stereocenters. The van der Waals surface area contributed by atoms with Crippen LogP contribution in [0, 0.1) is 4.91 Å². The summed E-state index contributed by atoms with van der Waals surface area (Å²) in [4.78, 5) is 9.11. The van der Waals surface area contributed by atoms with Gasteiger partial charge in [0.1, 0.15) is 4.90 Å². The molecule has 0 aliphatic heterocycles. The first kappa shape index (κ1) is 19.0. The van der Waals surface area contributed by atoms with Gasteiger partial charge >= 0.3 is 29.6 Å². The number of aromatic hydroxyl groups is 1. The van der Waals surface area contributed by atoms with Gasteiger partial charge in [-0.05, 0) is 34.8 Å². The van der Waals surface area contributed by atoms with Crippen LogP contribution < -0.4 is 0 Å². The third-order valence-corrected chi connectivity index (χ3v) is 4.41.